The lowest BCUT2D eigenvalue weighted by Crippen LogP contribution is -2.47. The first-order chi connectivity index (χ1) is 5.61. The molecule has 1 aliphatic rings. The van der Waals surface area contributed by atoms with Gasteiger partial charge in [0.15, 0.2) is 0 Å². The second-order valence-corrected chi connectivity index (χ2v) is 4.29. The van der Waals surface area contributed by atoms with Gasteiger partial charge in [-0.15, -0.1) is 0 Å². The van der Waals surface area contributed by atoms with Gasteiger partial charge in [-0.25, -0.2) is 0 Å². The van der Waals surface area contributed by atoms with Gasteiger partial charge in [0.1, 0.15) is 0 Å². The molecule has 1 rings (SSSR count). The molecule has 2 nitrogen and oxygen atoms in total. The van der Waals surface area contributed by atoms with Crippen molar-refractivity contribution in [3.63, 3.8) is 0 Å². The Balaban J connectivity index is 2.40. The average Bonchev–Trinajstić information content (AvgIpc) is 2.03. The van der Waals surface area contributed by atoms with Gasteiger partial charge in [0, 0.05) is 18.1 Å². The van der Waals surface area contributed by atoms with Crippen molar-refractivity contribution in [1.82, 2.24) is 10.2 Å². The topological polar surface area (TPSA) is 15.3 Å². The van der Waals surface area contributed by atoms with Crippen molar-refractivity contribution in [3.05, 3.63) is 0 Å². The van der Waals surface area contributed by atoms with Gasteiger partial charge in [-0.1, -0.05) is 0 Å². The fraction of sp³-hybridized carbons (Fsp3) is 1.00. The maximum absolute atomic E-state index is 3.48. The van der Waals surface area contributed by atoms with Gasteiger partial charge in [0.25, 0.3) is 0 Å². The quantitative estimate of drug-likeness (QED) is 0.675. The molecule has 0 aromatic rings. The molecule has 2 unspecified atom stereocenters. The lowest BCUT2D eigenvalue weighted by molar-refractivity contribution is 0.146. The van der Waals surface area contributed by atoms with Gasteiger partial charge >= 0.3 is 0 Å². The van der Waals surface area contributed by atoms with Crippen molar-refractivity contribution in [2.45, 2.75) is 51.7 Å². The number of rotatable bonds is 2. The van der Waals surface area contributed by atoms with E-state index in [-0.39, 0.29) is 0 Å². The highest BCUT2D eigenvalue weighted by molar-refractivity contribution is 4.81. The first kappa shape index (κ1) is 10.0. The monoisotopic (exact) mass is 170 g/mol. The third-order valence-electron chi connectivity index (χ3n) is 2.99. The average molecular weight is 170 g/mol. The van der Waals surface area contributed by atoms with E-state index in [2.05, 4.69) is 38.0 Å². The SMILES string of the molecule is CC1CC(N(C)C(C)C)CCN1. The van der Waals surface area contributed by atoms with Gasteiger partial charge in [0.2, 0.25) is 0 Å². The highest BCUT2D eigenvalue weighted by Gasteiger charge is 2.22. The Morgan fingerprint density at radius 3 is 2.58 bits per heavy atom. The van der Waals surface area contributed by atoms with Crippen LogP contribution in [0.15, 0.2) is 0 Å². The summed E-state index contributed by atoms with van der Waals surface area (Å²) in [5, 5.41) is 3.48. The van der Waals surface area contributed by atoms with Crippen LogP contribution >= 0.6 is 0 Å². The van der Waals surface area contributed by atoms with Crippen LogP contribution < -0.4 is 5.32 Å². The third-order valence-corrected chi connectivity index (χ3v) is 2.99. The molecule has 0 spiro atoms. The molecule has 12 heavy (non-hydrogen) atoms. The number of nitrogens with one attached hydrogen (secondary N) is 1. The molecular weight excluding hydrogens is 148 g/mol. The lowest BCUT2D eigenvalue weighted by atomic mass is 9.98. The van der Waals surface area contributed by atoms with Crippen LogP contribution in [0.1, 0.15) is 33.6 Å². The van der Waals surface area contributed by atoms with Crippen molar-refractivity contribution in [1.29, 1.82) is 0 Å². The molecule has 1 fully saturated rings. The van der Waals surface area contributed by atoms with E-state index in [0.717, 1.165) is 6.04 Å². The first-order valence-corrected chi connectivity index (χ1v) is 5.06. The highest BCUT2D eigenvalue weighted by Crippen LogP contribution is 2.15. The summed E-state index contributed by atoms with van der Waals surface area (Å²) in [5.41, 5.74) is 0. The summed E-state index contributed by atoms with van der Waals surface area (Å²) in [4.78, 5) is 2.50. The van der Waals surface area contributed by atoms with Crippen LogP contribution in [0.5, 0.6) is 0 Å². The Bertz CT molecular complexity index is 134. The molecule has 1 aliphatic heterocycles. The third kappa shape index (κ3) is 2.46. The first-order valence-electron chi connectivity index (χ1n) is 5.06. The van der Waals surface area contributed by atoms with E-state index < -0.39 is 0 Å². The van der Waals surface area contributed by atoms with E-state index in [1.165, 1.54) is 19.4 Å². The zero-order valence-electron chi connectivity index (χ0n) is 8.80. The molecule has 1 saturated heterocycles. The van der Waals surface area contributed by atoms with Crippen LogP contribution in [0.4, 0.5) is 0 Å². The fourth-order valence-corrected chi connectivity index (χ4v) is 1.90. The maximum Gasteiger partial charge on any atom is 0.0122 e. The summed E-state index contributed by atoms with van der Waals surface area (Å²) in [6.45, 7) is 8.00. The molecule has 2 heteroatoms. The standard InChI is InChI=1S/C10H22N2/c1-8(2)12(4)10-5-6-11-9(3)7-10/h8-11H,5-7H2,1-4H3. The van der Waals surface area contributed by atoms with Crippen LogP contribution in [0.3, 0.4) is 0 Å². The predicted octanol–water partition coefficient (Wildman–Crippen LogP) is 1.47. The summed E-state index contributed by atoms with van der Waals surface area (Å²) >= 11 is 0. The molecule has 72 valence electrons. The van der Waals surface area contributed by atoms with Crippen LogP contribution in [-0.2, 0) is 0 Å². The van der Waals surface area contributed by atoms with E-state index in [1.54, 1.807) is 0 Å². The smallest absolute Gasteiger partial charge is 0.0122 e. The second-order valence-electron chi connectivity index (χ2n) is 4.29. The van der Waals surface area contributed by atoms with Crippen molar-refractivity contribution in [3.8, 4) is 0 Å². The predicted molar refractivity (Wildman–Crippen MR) is 53.4 cm³/mol. The zero-order valence-corrected chi connectivity index (χ0v) is 8.80. The maximum atomic E-state index is 3.48. The number of hydrogen-bond acceptors (Lipinski definition) is 2. The molecule has 0 saturated carbocycles. The Morgan fingerprint density at radius 1 is 1.42 bits per heavy atom. The molecule has 2 atom stereocenters. The number of hydrogen-bond donors (Lipinski definition) is 1. The zero-order chi connectivity index (χ0) is 9.14. The minimum Gasteiger partial charge on any atom is -0.314 e. The molecular formula is C10H22N2. The summed E-state index contributed by atoms with van der Waals surface area (Å²) in [7, 11) is 2.24. The van der Waals surface area contributed by atoms with Gasteiger partial charge in [-0.3, -0.25) is 0 Å². The fourth-order valence-electron chi connectivity index (χ4n) is 1.90. The van der Waals surface area contributed by atoms with Crippen molar-refractivity contribution >= 4 is 0 Å². The van der Waals surface area contributed by atoms with Crippen molar-refractivity contribution in [2.24, 2.45) is 0 Å². The summed E-state index contributed by atoms with van der Waals surface area (Å²) < 4.78 is 0. The Hall–Kier alpha value is -0.0800. The molecule has 0 amide bonds. The minimum absolute atomic E-state index is 0.681. The molecule has 1 heterocycles. The Morgan fingerprint density at radius 2 is 2.08 bits per heavy atom. The van der Waals surface area contributed by atoms with Crippen LogP contribution in [0.2, 0.25) is 0 Å². The van der Waals surface area contributed by atoms with E-state index in [9.17, 15) is 0 Å². The van der Waals surface area contributed by atoms with Crippen molar-refractivity contribution in [2.75, 3.05) is 13.6 Å². The Labute approximate surface area is 76.3 Å². The number of piperidine rings is 1. The molecule has 1 N–H and O–H groups in total. The summed E-state index contributed by atoms with van der Waals surface area (Å²) in [5.74, 6) is 0. The normalized spacial score (nSPS) is 31.5. The van der Waals surface area contributed by atoms with E-state index in [4.69, 9.17) is 0 Å². The van der Waals surface area contributed by atoms with Crippen LogP contribution in [0.25, 0.3) is 0 Å². The van der Waals surface area contributed by atoms with Crippen LogP contribution in [-0.4, -0.2) is 36.6 Å². The molecule has 0 bridgehead atoms. The summed E-state index contributed by atoms with van der Waals surface area (Å²) in [6, 6.07) is 2.17. The minimum atomic E-state index is 0.681. The number of nitrogens with zero attached hydrogens (tertiary/aromatic N) is 1. The lowest BCUT2D eigenvalue weighted by Gasteiger charge is -2.37. The van der Waals surface area contributed by atoms with Gasteiger partial charge in [-0.2, -0.15) is 0 Å². The van der Waals surface area contributed by atoms with Gasteiger partial charge in [0.05, 0.1) is 0 Å². The second kappa shape index (κ2) is 4.24. The molecule has 0 aromatic heterocycles. The van der Waals surface area contributed by atoms with Crippen LogP contribution in [0, 0.1) is 0 Å². The molecule has 0 aromatic carbocycles. The molecule has 0 aliphatic carbocycles. The van der Waals surface area contributed by atoms with Crippen molar-refractivity contribution < 1.29 is 0 Å². The Kier molecular flexibility index (Phi) is 3.53. The van der Waals surface area contributed by atoms with E-state index >= 15 is 0 Å². The summed E-state index contributed by atoms with van der Waals surface area (Å²) in [6.07, 6.45) is 2.60. The van der Waals surface area contributed by atoms with E-state index in [1.807, 2.05) is 0 Å². The van der Waals surface area contributed by atoms with E-state index in [0.29, 0.717) is 12.1 Å². The van der Waals surface area contributed by atoms with Gasteiger partial charge < -0.3 is 10.2 Å². The molecule has 0 radical (unpaired) electrons. The van der Waals surface area contributed by atoms with Gasteiger partial charge in [-0.05, 0) is 47.2 Å². The largest absolute Gasteiger partial charge is 0.314 e. The highest BCUT2D eigenvalue weighted by atomic mass is 15.2.